The van der Waals surface area contributed by atoms with Crippen LogP contribution < -0.4 is 0 Å². The Hall–Kier alpha value is -1.54. The third-order valence-electron chi connectivity index (χ3n) is 1.83. The van der Waals surface area contributed by atoms with Crippen molar-refractivity contribution in [3.8, 4) is 0 Å². The van der Waals surface area contributed by atoms with Crippen LogP contribution in [0.1, 0.15) is 16.1 Å². The Morgan fingerprint density at radius 3 is 2.71 bits per heavy atom. The Bertz CT molecular complexity index is 446. The highest BCUT2D eigenvalue weighted by molar-refractivity contribution is 6.31. The first-order valence-electron chi connectivity index (χ1n) is 4.11. The van der Waals surface area contributed by atoms with Gasteiger partial charge < -0.3 is 4.42 Å². The summed E-state index contributed by atoms with van der Waals surface area (Å²) in [5.41, 5.74) is 0.535. The van der Waals surface area contributed by atoms with Crippen LogP contribution in [-0.2, 0) is 0 Å². The highest BCUT2D eigenvalue weighted by Gasteiger charge is 2.11. The molecule has 0 N–H and O–H groups in total. The summed E-state index contributed by atoms with van der Waals surface area (Å²) in [7, 11) is 0. The number of rotatable bonds is 2. The summed E-state index contributed by atoms with van der Waals surface area (Å²) >= 11 is 5.77. The Morgan fingerprint density at radius 2 is 2.07 bits per heavy atom. The van der Waals surface area contributed by atoms with Crippen LogP contribution in [0.2, 0.25) is 5.02 Å². The zero-order valence-electron chi connectivity index (χ0n) is 7.24. The van der Waals surface area contributed by atoms with Crippen molar-refractivity contribution in [3.05, 3.63) is 59.0 Å². The molecule has 0 radical (unpaired) electrons. The third-order valence-corrected chi connectivity index (χ3v) is 2.07. The van der Waals surface area contributed by atoms with E-state index < -0.39 is 0 Å². The van der Waals surface area contributed by atoms with E-state index in [1.165, 1.54) is 6.26 Å². The first kappa shape index (κ1) is 9.03. The zero-order valence-corrected chi connectivity index (χ0v) is 7.99. The molecule has 0 aliphatic rings. The maximum Gasteiger partial charge on any atom is 0.228 e. The number of ketones is 1. The van der Waals surface area contributed by atoms with E-state index in [1.54, 1.807) is 36.4 Å². The molecule has 0 atom stereocenters. The lowest BCUT2D eigenvalue weighted by Crippen LogP contribution is -1.98. The number of carbonyl (C=O) groups excluding carboxylic acids is 1. The molecule has 1 heterocycles. The van der Waals surface area contributed by atoms with Crippen molar-refractivity contribution in [3.63, 3.8) is 0 Å². The van der Waals surface area contributed by atoms with Crippen molar-refractivity contribution in [1.29, 1.82) is 0 Å². The fourth-order valence-corrected chi connectivity index (χ4v) is 1.37. The van der Waals surface area contributed by atoms with E-state index in [0.717, 1.165) is 0 Å². The molecule has 0 saturated heterocycles. The molecule has 0 aliphatic heterocycles. The molecule has 0 unspecified atom stereocenters. The van der Waals surface area contributed by atoms with Gasteiger partial charge in [-0.1, -0.05) is 23.7 Å². The first-order chi connectivity index (χ1) is 6.77. The molecule has 70 valence electrons. The SMILES string of the molecule is O=C(c1cccc(Cl)c1)c1ccco1. The number of halogens is 1. The standard InChI is InChI=1S/C11H7ClO2/c12-9-4-1-3-8(7-9)11(13)10-5-2-6-14-10/h1-7H. The molecule has 0 spiro atoms. The van der Waals surface area contributed by atoms with E-state index in [-0.39, 0.29) is 5.78 Å². The average molecular weight is 207 g/mol. The maximum atomic E-state index is 11.7. The number of furan rings is 1. The van der Waals surface area contributed by atoms with Crippen LogP contribution in [0.3, 0.4) is 0 Å². The smallest absolute Gasteiger partial charge is 0.228 e. The second-order valence-corrected chi connectivity index (χ2v) is 3.25. The Kier molecular flexibility index (Phi) is 2.37. The van der Waals surface area contributed by atoms with Gasteiger partial charge in [-0.25, -0.2) is 0 Å². The van der Waals surface area contributed by atoms with Gasteiger partial charge in [0.05, 0.1) is 6.26 Å². The summed E-state index contributed by atoms with van der Waals surface area (Å²) in [6.07, 6.45) is 1.47. The molecule has 1 aromatic carbocycles. The van der Waals surface area contributed by atoms with E-state index >= 15 is 0 Å². The second kappa shape index (κ2) is 3.68. The Labute approximate surface area is 86.1 Å². The highest BCUT2D eigenvalue weighted by Crippen LogP contribution is 2.14. The molecule has 3 heteroatoms. The summed E-state index contributed by atoms with van der Waals surface area (Å²) in [5.74, 6) is 0.171. The summed E-state index contributed by atoms with van der Waals surface area (Å²) in [4.78, 5) is 11.7. The second-order valence-electron chi connectivity index (χ2n) is 2.82. The quantitative estimate of drug-likeness (QED) is 0.707. The van der Waals surface area contributed by atoms with Crippen LogP contribution in [0.4, 0.5) is 0 Å². The van der Waals surface area contributed by atoms with Crippen LogP contribution in [0.5, 0.6) is 0 Å². The van der Waals surface area contributed by atoms with Gasteiger partial charge in [0, 0.05) is 10.6 Å². The number of benzene rings is 1. The minimum Gasteiger partial charge on any atom is -0.461 e. The topological polar surface area (TPSA) is 30.2 Å². The van der Waals surface area contributed by atoms with Gasteiger partial charge in [-0.15, -0.1) is 0 Å². The van der Waals surface area contributed by atoms with Gasteiger partial charge in [-0.2, -0.15) is 0 Å². The minimum atomic E-state index is -0.155. The van der Waals surface area contributed by atoms with Crippen molar-refractivity contribution < 1.29 is 9.21 Å². The predicted octanol–water partition coefficient (Wildman–Crippen LogP) is 3.16. The first-order valence-corrected chi connectivity index (χ1v) is 4.49. The minimum absolute atomic E-state index is 0.155. The normalized spacial score (nSPS) is 10.1. The van der Waals surface area contributed by atoms with E-state index in [4.69, 9.17) is 16.0 Å². The van der Waals surface area contributed by atoms with Crippen molar-refractivity contribution in [2.45, 2.75) is 0 Å². The van der Waals surface area contributed by atoms with Gasteiger partial charge in [0.15, 0.2) is 5.76 Å². The summed E-state index contributed by atoms with van der Waals surface area (Å²) in [5, 5.41) is 0.544. The molecule has 2 aromatic rings. The van der Waals surface area contributed by atoms with Crippen LogP contribution in [0.15, 0.2) is 47.1 Å². The lowest BCUT2D eigenvalue weighted by atomic mass is 10.1. The molecule has 0 bridgehead atoms. The van der Waals surface area contributed by atoms with Crippen molar-refractivity contribution in [2.75, 3.05) is 0 Å². The van der Waals surface area contributed by atoms with E-state index in [0.29, 0.717) is 16.3 Å². The number of carbonyl (C=O) groups is 1. The summed E-state index contributed by atoms with van der Waals surface area (Å²) in [6.45, 7) is 0. The van der Waals surface area contributed by atoms with Crippen LogP contribution in [0.25, 0.3) is 0 Å². The van der Waals surface area contributed by atoms with Crippen LogP contribution in [-0.4, -0.2) is 5.78 Å². The molecule has 0 aliphatic carbocycles. The number of hydrogen-bond donors (Lipinski definition) is 0. The van der Waals surface area contributed by atoms with Gasteiger partial charge in [-0.3, -0.25) is 4.79 Å². The van der Waals surface area contributed by atoms with Gasteiger partial charge in [0.2, 0.25) is 5.78 Å². The molecular formula is C11H7ClO2. The molecule has 2 nitrogen and oxygen atoms in total. The Morgan fingerprint density at radius 1 is 1.21 bits per heavy atom. The van der Waals surface area contributed by atoms with E-state index in [2.05, 4.69) is 0 Å². The Balaban J connectivity index is 2.37. The molecule has 1 aromatic heterocycles. The van der Waals surface area contributed by atoms with E-state index in [1.807, 2.05) is 0 Å². The summed E-state index contributed by atoms with van der Waals surface area (Å²) in [6, 6.07) is 10.1. The zero-order chi connectivity index (χ0) is 9.97. The molecule has 0 fully saturated rings. The molecule has 14 heavy (non-hydrogen) atoms. The lowest BCUT2D eigenvalue weighted by Gasteiger charge is -1.97. The van der Waals surface area contributed by atoms with Gasteiger partial charge in [-0.05, 0) is 24.3 Å². The van der Waals surface area contributed by atoms with Crippen molar-refractivity contribution in [2.24, 2.45) is 0 Å². The maximum absolute atomic E-state index is 11.7. The fourth-order valence-electron chi connectivity index (χ4n) is 1.18. The average Bonchev–Trinajstić information content (AvgIpc) is 2.69. The lowest BCUT2D eigenvalue weighted by molar-refractivity contribution is 0.101. The van der Waals surface area contributed by atoms with Crippen LogP contribution in [0, 0.1) is 0 Å². The van der Waals surface area contributed by atoms with Gasteiger partial charge in [0.25, 0.3) is 0 Å². The fraction of sp³-hybridized carbons (Fsp3) is 0. The monoisotopic (exact) mass is 206 g/mol. The molecule has 0 saturated carbocycles. The summed E-state index contributed by atoms with van der Waals surface area (Å²) < 4.78 is 5.00. The third kappa shape index (κ3) is 1.70. The largest absolute Gasteiger partial charge is 0.461 e. The van der Waals surface area contributed by atoms with Crippen molar-refractivity contribution >= 4 is 17.4 Å². The van der Waals surface area contributed by atoms with Gasteiger partial charge >= 0.3 is 0 Å². The molecule has 0 amide bonds. The molecule has 2 rings (SSSR count). The molecular weight excluding hydrogens is 200 g/mol. The highest BCUT2D eigenvalue weighted by atomic mass is 35.5. The van der Waals surface area contributed by atoms with Gasteiger partial charge in [0.1, 0.15) is 0 Å². The van der Waals surface area contributed by atoms with Crippen molar-refractivity contribution in [1.82, 2.24) is 0 Å². The predicted molar refractivity (Wildman–Crippen MR) is 53.6 cm³/mol. The van der Waals surface area contributed by atoms with E-state index in [9.17, 15) is 4.79 Å². The number of hydrogen-bond acceptors (Lipinski definition) is 2. The van der Waals surface area contributed by atoms with Crippen LogP contribution >= 0.6 is 11.6 Å².